The topological polar surface area (TPSA) is 48.5 Å². The fraction of sp³-hybridized carbons (Fsp3) is 0.364. The molecule has 5 nitrogen and oxygen atoms in total. The zero-order valence-electron chi connectivity index (χ0n) is 16.3. The summed E-state index contributed by atoms with van der Waals surface area (Å²) in [6.07, 6.45) is 7.43. The lowest BCUT2D eigenvalue weighted by Gasteiger charge is -2.38. The summed E-state index contributed by atoms with van der Waals surface area (Å²) in [6.45, 7) is 4.09. The minimum absolute atomic E-state index is 0.0789. The first kappa shape index (κ1) is 20.0. The quantitative estimate of drug-likeness (QED) is 0.799. The summed E-state index contributed by atoms with van der Waals surface area (Å²) >= 11 is 6.06. The van der Waals surface area contributed by atoms with Gasteiger partial charge in [-0.2, -0.15) is 0 Å². The van der Waals surface area contributed by atoms with Gasteiger partial charge in [0.15, 0.2) is 0 Å². The maximum absolute atomic E-state index is 12.6. The monoisotopic (exact) mass is 396 g/mol. The fourth-order valence-corrected chi connectivity index (χ4v) is 3.56. The minimum Gasteiger partial charge on any atom is -0.355 e. The molecule has 2 heterocycles. The van der Waals surface area contributed by atoms with Gasteiger partial charge in [0, 0.05) is 31.7 Å². The van der Waals surface area contributed by atoms with Crippen LogP contribution in [0.3, 0.4) is 0 Å². The van der Waals surface area contributed by atoms with E-state index in [1.165, 1.54) is 0 Å². The predicted molar refractivity (Wildman–Crippen MR) is 114 cm³/mol. The number of nitrogens with one attached hydrogen (secondary N) is 1. The first-order valence-corrected chi connectivity index (χ1v) is 9.80. The van der Waals surface area contributed by atoms with E-state index in [2.05, 4.69) is 21.1 Å². The molecule has 146 valence electrons. The third-order valence-electron chi connectivity index (χ3n) is 5.14. The van der Waals surface area contributed by atoms with E-state index in [0.717, 1.165) is 47.9 Å². The molecule has 1 fully saturated rings. The molecule has 6 heteroatoms. The highest BCUT2D eigenvalue weighted by atomic mass is 35.5. The molecule has 0 unspecified atom stereocenters. The van der Waals surface area contributed by atoms with E-state index in [4.69, 9.17) is 18.0 Å². The molecule has 0 radical (unpaired) electrons. The van der Waals surface area contributed by atoms with Crippen LogP contribution in [0.25, 0.3) is 0 Å². The second-order valence-electron chi connectivity index (χ2n) is 7.12. The van der Waals surface area contributed by atoms with Gasteiger partial charge in [-0.3, -0.25) is 0 Å². The number of aryl methyl sites for hydroxylation is 1. The third kappa shape index (κ3) is 4.76. The number of hydrogen-bond acceptors (Lipinski definition) is 3. The molecule has 1 aliphatic heterocycles. The third-order valence-corrected chi connectivity index (χ3v) is 5.56. The van der Waals surface area contributed by atoms with E-state index >= 15 is 0 Å². The number of amides is 2. The van der Waals surface area contributed by atoms with Crippen LogP contribution in [-0.2, 0) is 6.54 Å². The molecule has 1 aromatic carbocycles. The zero-order chi connectivity index (χ0) is 20.1. The Morgan fingerprint density at radius 1 is 1.43 bits per heavy atom. The number of hydrogen-bond donors (Lipinski definition) is 1. The molecule has 2 amide bonds. The van der Waals surface area contributed by atoms with Crippen molar-refractivity contribution in [2.75, 3.05) is 25.0 Å². The van der Waals surface area contributed by atoms with Crippen molar-refractivity contribution in [2.24, 2.45) is 0 Å². The molecule has 1 atom stereocenters. The van der Waals surface area contributed by atoms with E-state index in [-0.39, 0.29) is 12.1 Å². The summed E-state index contributed by atoms with van der Waals surface area (Å²) < 4.78 is 0. The number of likely N-dealkylation sites (N-methyl/N-ethyl adjacent to an activating group) is 1. The lowest BCUT2D eigenvalue weighted by Crippen LogP contribution is -2.51. The molecule has 1 aromatic heterocycles. The normalized spacial score (nSPS) is 16.4. The van der Waals surface area contributed by atoms with Gasteiger partial charge in [-0.25, -0.2) is 9.78 Å². The highest BCUT2D eigenvalue weighted by Crippen LogP contribution is 2.21. The van der Waals surface area contributed by atoms with Crippen molar-refractivity contribution in [1.29, 1.82) is 0 Å². The van der Waals surface area contributed by atoms with Crippen LogP contribution >= 0.6 is 11.6 Å². The molecule has 28 heavy (non-hydrogen) atoms. The van der Waals surface area contributed by atoms with Crippen molar-refractivity contribution in [1.82, 2.24) is 15.2 Å². The molecule has 1 aliphatic rings. The second-order valence-corrected chi connectivity index (χ2v) is 7.53. The average molecular weight is 397 g/mol. The number of piperidine rings is 1. The average Bonchev–Trinajstić information content (AvgIpc) is 2.74. The number of terminal acetylenes is 1. The summed E-state index contributed by atoms with van der Waals surface area (Å²) in [7, 11) is 1.85. The lowest BCUT2D eigenvalue weighted by molar-refractivity contribution is 0.182. The Morgan fingerprint density at radius 3 is 3.00 bits per heavy atom. The Bertz CT molecular complexity index is 892. The number of pyridine rings is 1. The van der Waals surface area contributed by atoms with Crippen LogP contribution in [0.4, 0.5) is 10.6 Å². The molecule has 1 saturated heterocycles. The highest BCUT2D eigenvalue weighted by molar-refractivity contribution is 6.31. The Kier molecular flexibility index (Phi) is 6.43. The van der Waals surface area contributed by atoms with Gasteiger partial charge in [0.2, 0.25) is 0 Å². The molecule has 0 saturated carbocycles. The number of urea groups is 1. The van der Waals surface area contributed by atoms with Crippen LogP contribution in [-0.4, -0.2) is 42.1 Å². The summed E-state index contributed by atoms with van der Waals surface area (Å²) in [6, 6.07) is 11.5. The number of halogens is 1. The Morgan fingerprint density at radius 2 is 2.25 bits per heavy atom. The Balaban J connectivity index is 1.59. The highest BCUT2D eigenvalue weighted by Gasteiger charge is 2.26. The summed E-state index contributed by atoms with van der Waals surface area (Å²) in [5.74, 6) is 3.44. The lowest BCUT2D eigenvalue weighted by atomic mass is 10.0. The van der Waals surface area contributed by atoms with E-state index in [0.29, 0.717) is 12.2 Å². The van der Waals surface area contributed by atoms with E-state index in [1.807, 2.05) is 50.4 Å². The molecule has 3 rings (SSSR count). The van der Waals surface area contributed by atoms with Crippen LogP contribution in [0, 0.1) is 19.3 Å². The number of anilines is 1. The van der Waals surface area contributed by atoms with Gasteiger partial charge in [0.05, 0.1) is 6.04 Å². The number of carbonyl (C=O) groups is 1. The van der Waals surface area contributed by atoms with Gasteiger partial charge in [-0.15, -0.1) is 6.42 Å². The van der Waals surface area contributed by atoms with Crippen LogP contribution in [0.15, 0.2) is 36.4 Å². The van der Waals surface area contributed by atoms with Gasteiger partial charge in [-0.1, -0.05) is 35.7 Å². The van der Waals surface area contributed by atoms with Crippen molar-refractivity contribution in [3.05, 3.63) is 58.2 Å². The number of carbonyl (C=O) groups excluding carboxylic acids is 1. The van der Waals surface area contributed by atoms with Crippen LogP contribution in [0.5, 0.6) is 0 Å². The summed E-state index contributed by atoms with van der Waals surface area (Å²) in [4.78, 5) is 21.1. The smallest absolute Gasteiger partial charge is 0.317 e. The van der Waals surface area contributed by atoms with Gasteiger partial charge in [0.1, 0.15) is 11.5 Å². The van der Waals surface area contributed by atoms with Crippen molar-refractivity contribution in [3.8, 4) is 12.3 Å². The van der Waals surface area contributed by atoms with E-state index in [1.54, 1.807) is 4.90 Å². The van der Waals surface area contributed by atoms with Gasteiger partial charge in [-0.05, 0) is 49.1 Å². The summed E-state index contributed by atoms with van der Waals surface area (Å²) in [5, 5.41) is 3.73. The Labute approximate surface area is 171 Å². The minimum atomic E-state index is -0.0789. The van der Waals surface area contributed by atoms with Crippen molar-refractivity contribution < 1.29 is 4.79 Å². The maximum Gasteiger partial charge on any atom is 0.317 e. The zero-order valence-corrected chi connectivity index (χ0v) is 17.0. The van der Waals surface area contributed by atoms with E-state index < -0.39 is 0 Å². The Hall–Kier alpha value is -2.71. The molecule has 2 aromatic rings. The van der Waals surface area contributed by atoms with Crippen molar-refractivity contribution >= 4 is 23.4 Å². The molecule has 0 bridgehead atoms. The van der Waals surface area contributed by atoms with Gasteiger partial charge in [0.25, 0.3) is 0 Å². The van der Waals surface area contributed by atoms with Crippen molar-refractivity contribution in [2.45, 2.75) is 32.4 Å². The maximum atomic E-state index is 12.6. The first-order valence-electron chi connectivity index (χ1n) is 9.42. The molecule has 1 N–H and O–H groups in total. The van der Waals surface area contributed by atoms with Crippen LogP contribution in [0.1, 0.15) is 29.7 Å². The standard InChI is InChI=1S/C22H25ClN4O/c1-4-18-7-5-9-21(25-18)27-12-6-8-19(15-27)26(3)22(28)24-14-17-10-11-20(23)16(2)13-17/h1,5,7,9-11,13,19H,6,8,12,14-15H2,2-3H3,(H,24,28)/t19-/m1/s1. The number of aromatic nitrogens is 1. The number of nitrogens with zero attached hydrogens (tertiary/aromatic N) is 3. The number of benzene rings is 1. The SMILES string of the molecule is C#Cc1cccc(N2CCC[C@@H](N(C)C(=O)NCc3ccc(Cl)c(C)c3)C2)n1. The molecular weight excluding hydrogens is 372 g/mol. The van der Waals surface area contributed by atoms with Crippen molar-refractivity contribution in [3.63, 3.8) is 0 Å². The van der Waals surface area contributed by atoms with Crippen LogP contribution in [0.2, 0.25) is 5.02 Å². The molecular formula is C22H25ClN4O. The molecule has 0 spiro atoms. The second kappa shape index (κ2) is 8.99. The number of rotatable bonds is 4. The van der Waals surface area contributed by atoms with Crippen LogP contribution < -0.4 is 10.2 Å². The van der Waals surface area contributed by atoms with Gasteiger partial charge < -0.3 is 15.1 Å². The largest absolute Gasteiger partial charge is 0.355 e. The molecule has 0 aliphatic carbocycles. The summed E-state index contributed by atoms with van der Waals surface area (Å²) in [5.41, 5.74) is 2.67. The fourth-order valence-electron chi connectivity index (χ4n) is 3.44. The van der Waals surface area contributed by atoms with Gasteiger partial charge >= 0.3 is 6.03 Å². The predicted octanol–water partition coefficient (Wildman–Crippen LogP) is 3.84. The van der Waals surface area contributed by atoms with E-state index in [9.17, 15) is 4.79 Å². The first-order chi connectivity index (χ1) is 13.5.